The Bertz CT molecular complexity index is 132. The van der Waals surface area contributed by atoms with Crippen molar-refractivity contribution in [1.82, 2.24) is 0 Å². The van der Waals surface area contributed by atoms with E-state index in [1.165, 1.54) is 7.11 Å². The third-order valence-electron chi connectivity index (χ3n) is 1.86. The number of esters is 1. The monoisotopic (exact) mass is 174 g/mol. The number of hydrogen-bond acceptors (Lipinski definition) is 3. The largest absolute Gasteiger partial charge is 0.469 e. The Kier molecular flexibility index (Phi) is 5.72. The van der Waals surface area contributed by atoms with Gasteiger partial charge in [-0.05, 0) is 19.8 Å². The Labute approximate surface area is 73.7 Å². The Morgan fingerprint density at radius 2 is 2.00 bits per heavy atom. The Morgan fingerprint density at radius 3 is 2.42 bits per heavy atom. The molecule has 0 fully saturated rings. The SMILES string of the molecule is COC(=O)[C@@H](C)CCC[C@@H](C)O. The van der Waals surface area contributed by atoms with Gasteiger partial charge in [0.1, 0.15) is 0 Å². The standard InChI is InChI=1S/C9H18O3/c1-7(9(11)12-3)5-4-6-8(2)10/h7-8,10H,4-6H2,1-3H3/t7-,8+/m0/s1. The maximum atomic E-state index is 10.9. The summed E-state index contributed by atoms with van der Waals surface area (Å²) < 4.78 is 4.57. The number of methoxy groups -OCH3 is 1. The molecule has 0 amide bonds. The van der Waals surface area contributed by atoms with Crippen molar-refractivity contribution in [3.8, 4) is 0 Å². The number of rotatable bonds is 5. The highest BCUT2D eigenvalue weighted by molar-refractivity contribution is 5.71. The fourth-order valence-electron chi connectivity index (χ4n) is 1.04. The molecule has 0 saturated heterocycles. The highest BCUT2D eigenvalue weighted by Crippen LogP contribution is 2.10. The molecule has 0 aliphatic rings. The van der Waals surface area contributed by atoms with Crippen molar-refractivity contribution in [2.24, 2.45) is 5.92 Å². The zero-order chi connectivity index (χ0) is 9.56. The molecule has 2 atom stereocenters. The molecule has 0 bridgehead atoms. The van der Waals surface area contributed by atoms with Crippen LogP contribution in [0.25, 0.3) is 0 Å². The second kappa shape index (κ2) is 6.00. The molecule has 0 spiro atoms. The van der Waals surface area contributed by atoms with Gasteiger partial charge in [0.15, 0.2) is 0 Å². The summed E-state index contributed by atoms with van der Waals surface area (Å²) >= 11 is 0. The summed E-state index contributed by atoms with van der Waals surface area (Å²) in [5.41, 5.74) is 0. The second-order valence-electron chi connectivity index (χ2n) is 3.20. The molecule has 0 rings (SSSR count). The van der Waals surface area contributed by atoms with Crippen molar-refractivity contribution in [2.75, 3.05) is 7.11 Å². The van der Waals surface area contributed by atoms with Crippen LogP contribution in [-0.2, 0) is 9.53 Å². The summed E-state index contributed by atoms with van der Waals surface area (Å²) in [4.78, 5) is 10.9. The highest BCUT2D eigenvalue weighted by Gasteiger charge is 2.12. The van der Waals surface area contributed by atoms with Gasteiger partial charge in [0.25, 0.3) is 0 Å². The molecule has 12 heavy (non-hydrogen) atoms. The molecule has 0 unspecified atom stereocenters. The van der Waals surface area contributed by atoms with Crippen molar-refractivity contribution < 1.29 is 14.6 Å². The lowest BCUT2D eigenvalue weighted by Gasteiger charge is -2.09. The van der Waals surface area contributed by atoms with Gasteiger partial charge in [0.2, 0.25) is 0 Å². The predicted octanol–water partition coefficient (Wildman–Crippen LogP) is 1.35. The minimum Gasteiger partial charge on any atom is -0.469 e. The smallest absolute Gasteiger partial charge is 0.308 e. The highest BCUT2D eigenvalue weighted by atomic mass is 16.5. The third kappa shape index (κ3) is 5.13. The first-order chi connectivity index (χ1) is 5.57. The summed E-state index contributed by atoms with van der Waals surface area (Å²) in [6.45, 7) is 3.59. The fourth-order valence-corrected chi connectivity index (χ4v) is 1.04. The zero-order valence-electron chi connectivity index (χ0n) is 8.04. The predicted molar refractivity (Wildman–Crippen MR) is 46.7 cm³/mol. The van der Waals surface area contributed by atoms with E-state index in [9.17, 15) is 4.79 Å². The first kappa shape index (κ1) is 11.4. The van der Waals surface area contributed by atoms with Crippen molar-refractivity contribution in [3.05, 3.63) is 0 Å². The molecule has 3 nitrogen and oxygen atoms in total. The zero-order valence-corrected chi connectivity index (χ0v) is 8.04. The fraction of sp³-hybridized carbons (Fsp3) is 0.889. The van der Waals surface area contributed by atoms with Gasteiger partial charge in [-0.1, -0.05) is 13.3 Å². The van der Waals surface area contributed by atoms with Crippen molar-refractivity contribution in [2.45, 2.75) is 39.2 Å². The normalized spacial score (nSPS) is 15.3. The van der Waals surface area contributed by atoms with E-state index in [0.717, 1.165) is 19.3 Å². The first-order valence-electron chi connectivity index (χ1n) is 4.33. The summed E-state index contributed by atoms with van der Waals surface area (Å²) in [6, 6.07) is 0. The van der Waals surface area contributed by atoms with E-state index in [0.29, 0.717) is 0 Å². The lowest BCUT2D eigenvalue weighted by molar-refractivity contribution is -0.145. The number of hydrogen-bond donors (Lipinski definition) is 1. The van der Waals surface area contributed by atoms with Crippen LogP contribution in [0.4, 0.5) is 0 Å². The van der Waals surface area contributed by atoms with Crippen LogP contribution in [0.1, 0.15) is 33.1 Å². The van der Waals surface area contributed by atoms with Crippen LogP contribution in [0.3, 0.4) is 0 Å². The number of carbonyl (C=O) groups is 1. The summed E-state index contributed by atoms with van der Waals surface area (Å²) in [5, 5.41) is 8.94. The maximum absolute atomic E-state index is 10.9. The Hall–Kier alpha value is -0.570. The molecule has 0 aromatic carbocycles. The van der Waals surface area contributed by atoms with E-state index >= 15 is 0 Å². The molecule has 0 aromatic rings. The molecule has 1 N–H and O–H groups in total. The van der Waals surface area contributed by atoms with Crippen LogP contribution in [0, 0.1) is 5.92 Å². The third-order valence-corrected chi connectivity index (χ3v) is 1.86. The van der Waals surface area contributed by atoms with Crippen LogP contribution in [-0.4, -0.2) is 24.3 Å². The van der Waals surface area contributed by atoms with E-state index in [2.05, 4.69) is 4.74 Å². The lowest BCUT2D eigenvalue weighted by Crippen LogP contribution is -2.13. The molecule has 0 aromatic heterocycles. The van der Waals surface area contributed by atoms with Gasteiger partial charge in [-0.15, -0.1) is 0 Å². The quantitative estimate of drug-likeness (QED) is 0.640. The van der Waals surface area contributed by atoms with Crippen LogP contribution in [0.15, 0.2) is 0 Å². The number of aliphatic hydroxyl groups excluding tert-OH is 1. The van der Waals surface area contributed by atoms with Gasteiger partial charge in [-0.2, -0.15) is 0 Å². The topological polar surface area (TPSA) is 46.5 Å². The first-order valence-corrected chi connectivity index (χ1v) is 4.33. The number of carbonyl (C=O) groups excluding carboxylic acids is 1. The van der Waals surface area contributed by atoms with Crippen LogP contribution in [0.2, 0.25) is 0 Å². The Balaban J connectivity index is 3.43. The van der Waals surface area contributed by atoms with Crippen molar-refractivity contribution >= 4 is 5.97 Å². The molecular weight excluding hydrogens is 156 g/mol. The molecule has 0 saturated carbocycles. The molecule has 0 radical (unpaired) electrons. The molecule has 0 heterocycles. The average molecular weight is 174 g/mol. The summed E-state index contributed by atoms with van der Waals surface area (Å²) in [7, 11) is 1.40. The lowest BCUT2D eigenvalue weighted by atomic mass is 10.0. The van der Waals surface area contributed by atoms with Gasteiger partial charge < -0.3 is 9.84 Å². The summed E-state index contributed by atoms with van der Waals surface area (Å²) in [6.07, 6.45) is 2.14. The molecule has 3 heteroatoms. The van der Waals surface area contributed by atoms with E-state index in [1.807, 2.05) is 6.92 Å². The van der Waals surface area contributed by atoms with Crippen LogP contribution in [0.5, 0.6) is 0 Å². The Morgan fingerprint density at radius 1 is 1.42 bits per heavy atom. The van der Waals surface area contributed by atoms with Gasteiger partial charge in [0.05, 0.1) is 19.1 Å². The van der Waals surface area contributed by atoms with Gasteiger partial charge >= 0.3 is 5.97 Å². The van der Waals surface area contributed by atoms with Crippen molar-refractivity contribution in [1.29, 1.82) is 0 Å². The van der Waals surface area contributed by atoms with Gasteiger partial charge in [-0.3, -0.25) is 4.79 Å². The molecule has 0 aliphatic carbocycles. The second-order valence-corrected chi connectivity index (χ2v) is 3.20. The molecular formula is C9H18O3. The summed E-state index contributed by atoms with van der Waals surface area (Å²) in [5.74, 6) is -0.214. The van der Waals surface area contributed by atoms with Crippen molar-refractivity contribution in [3.63, 3.8) is 0 Å². The minimum absolute atomic E-state index is 0.0475. The van der Waals surface area contributed by atoms with E-state index < -0.39 is 0 Å². The van der Waals surface area contributed by atoms with Gasteiger partial charge in [-0.25, -0.2) is 0 Å². The number of aliphatic hydroxyl groups is 1. The average Bonchev–Trinajstić information content (AvgIpc) is 2.02. The minimum atomic E-state index is -0.269. The van der Waals surface area contributed by atoms with Crippen LogP contribution >= 0.6 is 0 Å². The van der Waals surface area contributed by atoms with E-state index in [-0.39, 0.29) is 18.0 Å². The number of ether oxygens (including phenoxy) is 1. The van der Waals surface area contributed by atoms with Gasteiger partial charge in [0, 0.05) is 0 Å². The molecule has 72 valence electrons. The van der Waals surface area contributed by atoms with E-state index in [4.69, 9.17) is 5.11 Å². The van der Waals surface area contributed by atoms with Crippen LogP contribution < -0.4 is 0 Å². The van der Waals surface area contributed by atoms with E-state index in [1.54, 1.807) is 6.92 Å². The maximum Gasteiger partial charge on any atom is 0.308 e. The molecule has 0 aliphatic heterocycles.